The molecule has 0 unspecified atom stereocenters. The third-order valence-electron chi connectivity index (χ3n) is 2.27. The summed E-state index contributed by atoms with van der Waals surface area (Å²) in [5, 5.41) is 17.6. The molecule has 0 radical (unpaired) electrons. The van der Waals surface area contributed by atoms with Gasteiger partial charge in [0, 0.05) is 5.92 Å². The lowest BCUT2D eigenvalue weighted by molar-refractivity contribution is -0.0808. The molecule has 0 saturated heterocycles. The topological polar surface area (TPSA) is 40.5 Å². The van der Waals surface area contributed by atoms with Crippen molar-refractivity contribution in [1.29, 1.82) is 0 Å². The van der Waals surface area contributed by atoms with E-state index >= 15 is 0 Å². The lowest BCUT2D eigenvalue weighted by atomic mass is 10.0. The molecule has 0 aromatic rings. The van der Waals surface area contributed by atoms with E-state index in [1.165, 1.54) is 25.7 Å². The Labute approximate surface area is 75.6 Å². The van der Waals surface area contributed by atoms with Crippen LogP contribution in [0.5, 0.6) is 0 Å². The number of aliphatic hydroxyl groups is 2. The van der Waals surface area contributed by atoms with Crippen molar-refractivity contribution in [1.82, 2.24) is 0 Å². The summed E-state index contributed by atoms with van der Waals surface area (Å²) in [6, 6.07) is 0. The molecule has 0 aromatic carbocycles. The highest BCUT2D eigenvalue weighted by Crippen LogP contribution is 2.12. The van der Waals surface area contributed by atoms with Gasteiger partial charge in [0.2, 0.25) is 0 Å². The molecule has 0 aliphatic rings. The van der Waals surface area contributed by atoms with Crippen molar-refractivity contribution in [2.75, 3.05) is 0 Å². The fraction of sp³-hybridized carbons (Fsp3) is 1.00. The lowest BCUT2D eigenvalue weighted by Gasteiger charge is -2.12. The Kier molecular flexibility index (Phi) is 7.51. The number of hydrogen-bond donors (Lipinski definition) is 2. The van der Waals surface area contributed by atoms with E-state index in [1.54, 1.807) is 0 Å². The normalized spacial score (nSPS) is 13.8. The van der Waals surface area contributed by atoms with Crippen LogP contribution in [-0.2, 0) is 0 Å². The predicted octanol–water partition coefficient (Wildman–Crippen LogP) is 2.29. The van der Waals surface area contributed by atoms with Crippen LogP contribution in [0.3, 0.4) is 0 Å². The standard InChI is InChI=1S/C10H22O2/c1-3-4-5-6-7-8-9(2)10(11)12/h9-12H,3-8H2,1-2H3/t9-/m0/s1. The summed E-state index contributed by atoms with van der Waals surface area (Å²) in [4.78, 5) is 0. The van der Waals surface area contributed by atoms with Crippen molar-refractivity contribution in [2.24, 2.45) is 5.92 Å². The summed E-state index contributed by atoms with van der Waals surface area (Å²) >= 11 is 0. The highest BCUT2D eigenvalue weighted by molar-refractivity contribution is 4.54. The van der Waals surface area contributed by atoms with Gasteiger partial charge < -0.3 is 10.2 Å². The van der Waals surface area contributed by atoms with Crippen LogP contribution >= 0.6 is 0 Å². The van der Waals surface area contributed by atoms with E-state index in [-0.39, 0.29) is 5.92 Å². The fourth-order valence-corrected chi connectivity index (χ4v) is 1.22. The van der Waals surface area contributed by atoms with Crippen molar-refractivity contribution in [3.8, 4) is 0 Å². The highest BCUT2D eigenvalue weighted by Gasteiger charge is 2.08. The van der Waals surface area contributed by atoms with Crippen LogP contribution < -0.4 is 0 Å². The average molecular weight is 174 g/mol. The maximum absolute atomic E-state index is 8.78. The molecular weight excluding hydrogens is 152 g/mol. The van der Waals surface area contributed by atoms with E-state index in [4.69, 9.17) is 10.2 Å². The molecule has 0 fully saturated rings. The van der Waals surface area contributed by atoms with Crippen LogP contribution in [0.25, 0.3) is 0 Å². The summed E-state index contributed by atoms with van der Waals surface area (Å²) in [6.07, 6.45) is 6.00. The van der Waals surface area contributed by atoms with Gasteiger partial charge in [-0.05, 0) is 6.42 Å². The average Bonchev–Trinajstić information content (AvgIpc) is 2.03. The van der Waals surface area contributed by atoms with Gasteiger partial charge in [0.25, 0.3) is 0 Å². The minimum absolute atomic E-state index is 0.0339. The number of hydrogen-bond acceptors (Lipinski definition) is 2. The zero-order valence-corrected chi connectivity index (χ0v) is 8.29. The van der Waals surface area contributed by atoms with Gasteiger partial charge in [0.05, 0.1) is 0 Å². The first-order valence-corrected chi connectivity index (χ1v) is 5.04. The summed E-state index contributed by atoms with van der Waals surface area (Å²) in [6.45, 7) is 4.07. The molecule has 2 nitrogen and oxygen atoms in total. The molecule has 0 saturated carbocycles. The molecule has 0 aliphatic carbocycles. The van der Waals surface area contributed by atoms with Crippen molar-refractivity contribution >= 4 is 0 Å². The third-order valence-corrected chi connectivity index (χ3v) is 2.27. The smallest absolute Gasteiger partial charge is 0.154 e. The Morgan fingerprint density at radius 2 is 1.58 bits per heavy atom. The zero-order chi connectivity index (χ0) is 9.40. The summed E-state index contributed by atoms with van der Waals surface area (Å²) in [7, 11) is 0. The minimum atomic E-state index is -1.13. The number of rotatable bonds is 7. The molecule has 2 N–H and O–H groups in total. The van der Waals surface area contributed by atoms with Gasteiger partial charge in [-0.3, -0.25) is 0 Å². The molecule has 0 bridgehead atoms. The maximum atomic E-state index is 8.78. The van der Waals surface area contributed by atoms with Gasteiger partial charge in [-0.25, -0.2) is 0 Å². The molecule has 0 rings (SSSR count). The zero-order valence-electron chi connectivity index (χ0n) is 8.29. The van der Waals surface area contributed by atoms with Crippen LogP contribution in [0.4, 0.5) is 0 Å². The molecule has 0 spiro atoms. The number of aliphatic hydroxyl groups excluding tert-OH is 1. The second-order valence-electron chi connectivity index (χ2n) is 3.59. The molecule has 0 amide bonds. The molecule has 74 valence electrons. The lowest BCUT2D eigenvalue weighted by Crippen LogP contribution is -2.15. The third kappa shape index (κ3) is 6.62. The minimum Gasteiger partial charge on any atom is -0.368 e. The molecule has 1 atom stereocenters. The Bertz CT molecular complexity index is 91.8. The molecule has 2 heteroatoms. The van der Waals surface area contributed by atoms with Gasteiger partial charge in [0.1, 0.15) is 0 Å². The largest absolute Gasteiger partial charge is 0.368 e. The fourth-order valence-electron chi connectivity index (χ4n) is 1.22. The first kappa shape index (κ1) is 11.9. The van der Waals surface area contributed by atoms with Crippen molar-refractivity contribution < 1.29 is 10.2 Å². The van der Waals surface area contributed by atoms with Gasteiger partial charge >= 0.3 is 0 Å². The Morgan fingerprint density at radius 3 is 2.08 bits per heavy atom. The van der Waals surface area contributed by atoms with Gasteiger partial charge in [-0.2, -0.15) is 0 Å². The quantitative estimate of drug-likeness (QED) is 0.459. The Morgan fingerprint density at radius 1 is 1.00 bits per heavy atom. The van der Waals surface area contributed by atoms with Crippen molar-refractivity contribution in [3.63, 3.8) is 0 Å². The van der Waals surface area contributed by atoms with E-state index in [0.717, 1.165) is 12.8 Å². The monoisotopic (exact) mass is 174 g/mol. The molecule has 0 aromatic heterocycles. The van der Waals surface area contributed by atoms with Gasteiger partial charge in [-0.15, -0.1) is 0 Å². The van der Waals surface area contributed by atoms with Crippen LogP contribution in [0, 0.1) is 5.92 Å². The highest BCUT2D eigenvalue weighted by atomic mass is 16.5. The predicted molar refractivity (Wildman–Crippen MR) is 50.8 cm³/mol. The van der Waals surface area contributed by atoms with Crippen molar-refractivity contribution in [2.45, 2.75) is 58.7 Å². The number of unbranched alkanes of at least 4 members (excludes halogenated alkanes) is 4. The van der Waals surface area contributed by atoms with Crippen LogP contribution in [-0.4, -0.2) is 16.5 Å². The summed E-state index contributed by atoms with van der Waals surface area (Å²) < 4.78 is 0. The Balaban J connectivity index is 3.08. The Hall–Kier alpha value is -0.0800. The van der Waals surface area contributed by atoms with Crippen LogP contribution in [0.2, 0.25) is 0 Å². The van der Waals surface area contributed by atoms with Crippen molar-refractivity contribution in [3.05, 3.63) is 0 Å². The van der Waals surface area contributed by atoms with Crippen LogP contribution in [0.15, 0.2) is 0 Å². The van der Waals surface area contributed by atoms with Gasteiger partial charge in [0.15, 0.2) is 6.29 Å². The molecule has 12 heavy (non-hydrogen) atoms. The first-order chi connectivity index (χ1) is 5.68. The second-order valence-corrected chi connectivity index (χ2v) is 3.59. The SMILES string of the molecule is CCCCCCC[C@H](C)C(O)O. The maximum Gasteiger partial charge on any atom is 0.154 e. The van der Waals surface area contributed by atoms with E-state index in [2.05, 4.69) is 6.92 Å². The van der Waals surface area contributed by atoms with E-state index in [9.17, 15) is 0 Å². The first-order valence-electron chi connectivity index (χ1n) is 5.04. The van der Waals surface area contributed by atoms with E-state index in [1.807, 2.05) is 6.92 Å². The molecule has 0 heterocycles. The second kappa shape index (κ2) is 7.56. The van der Waals surface area contributed by atoms with Crippen LogP contribution in [0.1, 0.15) is 52.4 Å². The van der Waals surface area contributed by atoms with Gasteiger partial charge in [-0.1, -0.05) is 46.0 Å². The van der Waals surface area contributed by atoms with E-state index in [0.29, 0.717) is 0 Å². The summed E-state index contributed by atoms with van der Waals surface area (Å²) in [5.41, 5.74) is 0. The molecular formula is C10H22O2. The van der Waals surface area contributed by atoms with E-state index < -0.39 is 6.29 Å². The molecule has 0 aliphatic heterocycles. The summed E-state index contributed by atoms with van der Waals surface area (Å²) in [5.74, 6) is 0.0339.